The summed E-state index contributed by atoms with van der Waals surface area (Å²) in [6.07, 6.45) is 6.24. The van der Waals surface area contributed by atoms with Crippen LogP contribution in [0.3, 0.4) is 0 Å². The summed E-state index contributed by atoms with van der Waals surface area (Å²) < 4.78 is 0.783. The normalized spacial score (nSPS) is 14.8. The number of Topliss-reactive ketones (excluding diaryl/α,β-unsaturated/α-hetero) is 1. The molecule has 0 saturated heterocycles. The Morgan fingerprint density at radius 1 is 1.15 bits per heavy atom. The second-order valence-electron chi connectivity index (χ2n) is 6.32. The molecule has 0 aliphatic heterocycles. The minimum atomic E-state index is -0.109. The van der Waals surface area contributed by atoms with Crippen molar-refractivity contribution in [3.8, 4) is 0 Å². The van der Waals surface area contributed by atoms with Crippen molar-refractivity contribution in [2.45, 2.75) is 49.4 Å². The number of anilines is 2. The molecule has 0 bridgehead atoms. The first kappa shape index (κ1) is 18.8. The number of amides is 1. The predicted molar refractivity (Wildman–Crippen MR) is 106 cm³/mol. The van der Waals surface area contributed by atoms with E-state index in [1.54, 1.807) is 24.3 Å². The van der Waals surface area contributed by atoms with Gasteiger partial charge in [0, 0.05) is 17.3 Å². The molecule has 1 fully saturated rings. The number of rotatable bonds is 7. The summed E-state index contributed by atoms with van der Waals surface area (Å²) in [6.45, 7) is 1.52. The SMILES string of the molecule is CC(=O)c1ccc(NC(=O)CSc2nnc(NC3CCCCC3)s2)cc1. The van der Waals surface area contributed by atoms with Crippen LogP contribution in [0.1, 0.15) is 49.4 Å². The number of ketones is 1. The van der Waals surface area contributed by atoms with Crippen LogP contribution in [0.4, 0.5) is 10.8 Å². The van der Waals surface area contributed by atoms with E-state index in [1.165, 1.54) is 62.1 Å². The average Bonchev–Trinajstić information content (AvgIpc) is 3.09. The number of nitrogens with one attached hydrogen (secondary N) is 2. The highest BCUT2D eigenvalue weighted by molar-refractivity contribution is 8.01. The quantitative estimate of drug-likeness (QED) is 0.544. The Hall–Kier alpha value is -1.93. The van der Waals surface area contributed by atoms with E-state index >= 15 is 0 Å². The highest BCUT2D eigenvalue weighted by atomic mass is 32.2. The monoisotopic (exact) mass is 390 g/mol. The van der Waals surface area contributed by atoms with Crippen LogP contribution in [0.25, 0.3) is 0 Å². The number of carbonyl (C=O) groups is 2. The van der Waals surface area contributed by atoms with Crippen molar-refractivity contribution in [3.05, 3.63) is 29.8 Å². The Labute approximate surface area is 161 Å². The van der Waals surface area contributed by atoms with Crippen LogP contribution < -0.4 is 10.6 Å². The van der Waals surface area contributed by atoms with Gasteiger partial charge in [-0.25, -0.2) is 0 Å². The van der Waals surface area contributed by atoms with E-state index in [2.05, 4.69) is 20.8 Å². The van der Waals surface area contributed by atoms with Gasteiger partial charge in [0.1, 0.15) is 0 Å². The standard InChI is InChI=1S/C18H22N4O2S2/c1-12(23)13-7-9-15(10-8-13)19-16(24)11-25-18-22-21-17(26-18)20-14-5-3-2-4-6-14/h7-10,14H,2-6,11H2,1H3,(H,19,24)(H,20,21). The fourth-order valence-corrected chi connectivity index (χ4v) is 4.49. The van der Waals surface area contributed by atoms with Gasteiger partial charge in [-0.15, -0.1) is 10.2 Å². The first-order chi connectivity index (χ1) is 12.6. The molecule has 1 aliphatic carbocycles. The van der Waals surface area contributed by atoms with Crippen LogP contribution in [0.2, 0.25) is 0 Å². The highest BCUT2D eigenvalue weighted by Gasteiger charge is 2.15. The van der Waals surface area contributed by atoms with Crippen molar-refractivity contribution in [1.82, 2.24) is 10.2 Å². The maximum absolute atomic E-state index is 12.1. The molecule has 1 amide bonds. The average molecular weight is 391 g/mol. The maximum Gasteiger partial charge on any atom is 0.234 e. The van der Waals surface area contributed by atoms with Gasteiger partial charge in [-0.2, -0.15) is 0 Å². The van der Waals surface area contributed by atoms with Gasteiger partial charge < -0.3 is 10.6 Å². The lowest BCUT2D eigenvalue weighted by Crippen LogP contribution is -2.21. The third-order valence-corrected chi connectivity index (χ3v) is 6.23. The highest BCUT2D eigenvalue weighted by Crippen LogP contribution is 2.28. The lowest BCUT2D eigenvalue weighted by atomic mass is 9.96. The molecule has 26 heavy (non-hydrogen) atoms. The molecule has 2 aromatic rings. The van der Waals surface area contributed by atoms with E-state index in [-0.39, 0.29) is 17.4 Å². The zero-order chi connectivity index (χ0) is 18.4. The number of benzene rings is 1. The van der Waals surface area contributed by atoms with E-state index in [9.17, 15) is 9.59 Å². The van der Waals surface area contributed by atoms with Crippen molar-refractivity contribution >= 4 is 45.6 Å². The van der Waals surface area contributed by atoms with E-state index < -0.39 is 0 Å². The largest absolute Gasteiger partial charge is 0.357 e. The zero-order valence-electron chi connectivity index (χ0n) is 14.7. The van der Waals surface area contributed by atoms with Gasteiger partial charge in [0.05, 0.1) is 5.75 Å². The van der Waals surface area contributed by atoms with Crippen LogP contribution in [0.5, 0.6) is 0 Å². The molecule has 1 aliphatic rings. The smallest absolute Gasteiger partial charge is 0.234 e. The van der Waals surface area contributed by atoms with Gasteiger partial charge in [0.2, 0.25) is 11.0 Å². The topological polar surface area (TPSA) is 84.0 Å². The minimum absolute atomic E-state index is 0.00680. The molecule has 8 heteroatoms. The van der Waals surface area contributed by atoms with Crippen LogP contribution in [-0.4, -0.2) is 33.7 Å². The molecule has 1 saturated carbocycles. The zero-order valence-corrected chi connectivity index (χ0v) is 16.3. The number of hydrogen-bond acceptors (Lipinski definition) is 7. The molecule has 1 heterocycles. The van der Waals surface area contributed by atoms with E-state index in [0.717, 1.165) is 9.47 Å². The molecule has 0 atom stereocenters. The molecule has 6 nitrogen and oxygen atoms in total. The predicted octanol–water partition coefficient (Wildman–Crippen LogP) is 4.22. The second kappa shape index (κ2) is 9.14. The lowest BCUT2D eigenvalue weighted by molar-refractivity contribution is -0.113. The Morgan fingerprint density at radius 2 is 1.88 bits per heavy atom. The fraction of sp³-hybridized carbons (Fsp3) is 0.444. The number of hydrogen-bond donors (Lipinski definition) is 2. The summed E-state index contributed by atoms with van der Waals surface area (Å²) in [6, 6.07) is 7.38. The number of nitrogens with zero attached hydrogens (tertiary/aromatic N) is 2. The van der Waals surface area contributed by atoms with Crippen LogP contribution >= 0.6 is 23.1 Å². The summed E-state index contributed by atoms with van der Waals surface area (Å²) in [5.74, 6) is 0.168. The number of carbonyl (C=O) groups excluding carboxylic acids is 2. The van der Waals surface area contributed by atoms with Crippen LogP contribution in [0, 0.1) is 0 Å². The molecular weight excluding hydrogens is 368 g/mol. The third kappa shape index (κ3) is 5.54. The molecule has 0 spiro atoms. The number of thioether (sulfide) groups is 1. The summed E-state index contributed by atoms with van der Waals surface area (Å²) in [7, 11) is 0. The molecular formula is C18H22N4O2S2. The Kier molecular flexibility index (Phi) is 6.62. The van der Waals surface area contributed by atoms with E-state index in [4.69, 9.17) is 0 Å². The molecule has 0 unspecified atom stereocenters. The molecule has 2 N–H and O–H groups in total. The van der Waals surface area contributed by atoms with Crippen molar-refractivity contribution < 1.29 is 9.59 Å². The first-order valence-electron chi connectivity index (χ1n) is 8.74. The third-order valence-electron chi connectivity index (χ3n) is 4.24. The summed E-state index contributed by atoms with van der Waals surface area (Å²) in [4.78, 5) is 23.3. The Bertz CT molecular complexity index is 755. The molecule has 138 valence electrons. The van der Waals surface area contributed by atoms with E-state index in [0.29, 0.717) is 17.3 Å². The molecule has 1 aromatic heterocycles. The summed E-state index contributed by atoms with van der Waals surface area (Å²) in [5.41, 5.74) is 1.31. The maximum atomic E-state index is 12.1. The Morgan fingerprint density at radius 3 is 2.58 bits per heavy atom. The first-order valence-corrected chi connectivity index (χ1v) is 10.5. The van der Waals surface area contributed by atoms with Gasteiger partial charge in [-0.05, 0) is 44.0 Å². The van der Waals surface area contributed by atoms with Crippen LogP contribution in [0.15, 0.2) is 28.6 Å². The number of aromatic nitrogens is 2. The Balaban J connectivity index is 1.44. The van der Waals surface area contributed by atoms with Crippen molar-refractivity contribution in [2.75, 3.05) is 16.4 Å². The van der Waals surface area contributed by atoms with Crippen molar-refractivity contribution in [3.63, 3.8) is 0 Å². The summed E-state index contributed by atoms with van der Waals surface area (Å²) >= 11 is 2.87. The molecule has 1 aromatic carbocycles. The van der Waals surface area contributed by atoms with E-state index in [1.807, 2.05) is 0 Å². The van der Waals surface area contributed by atoms with Crippen molar-refractivity contribution in [2.24, 2.45) is 0 Å². The van der Waals surface area contributed by atoms with Gasteiger partial charge >= 0.3 is 0 Å². The van der Waals surface area contributed by atoms with Gasteiger partial charge in [0.25, 0.3) is 0 Å². The van der Waals surface area contributed by atoms with Crippen molar-refractivity contribution in [1.29, 1.82) is 0 Å². The van der Waals surface area contributed by atoms with Gasteiger partial charge in [-0.3, -0.25) is 9.59 Å². The van der Waals surface area contributed by atoms with Gasteiger partial charge in [0.15, 0.2) is 10.1 Å². The fourth-order valence-electron chi connectivity index (χ4n) is 2.86. The van der Waals surface area contributed by atoms with Gasteiger partial charge in [-0.1, -0.05) is 42.4 Å². The molecule has 3 rings (SSSR count). The molecule has 0 radical (unpaired) electrons. The second-order valence-corrected chi connectivity index (χ2v) is 8.52. The minimum Gasteiger partial charge on any atom is -0.357 e. The lowest BCUT2D eigenvalue weighted by Gasteiger charge is -2.21. The summed E-state index contributed by atoms with van der Waals surface area (Å²) in [5, 5.41) is 15.4. The van der Waals surface area contributed by atoms with Crippen LogP contribution in [-0.2, 0) is 4.79 Å².